The summed E-state index contributed by atoms with van der Waals surface area (Å²) in [4.78, 5) is 35.1. The van der Waals surface area contributed by atoms with Gasteiger partial charge < -0.3 is 4.74 Å². The van der Waals surface area contributed by atoms with Crippen LogP contribution in [0.5, 0.6) is 0 Å². The predicted octanol–water partition coefficient (Wildman–Crippen LogP) is 0.286. The van der Waals surface area contributed by atoms with Crippen LogP contribution in [0.4, 0.5) is 0 Å². The summed E-state index contributed by atoms with van der Waals surface area (Å²) in [6, 6.07) is 0. The van der Waals surface area contributed by atoms with E-state index in [4.69, 9.17) is 4.74 Å². The summed E-state index contributed by atoms with van der Waals surface area (Å²) >= 11 is 0. The molecule has 0 aliphatic heterocycles. The Morgan fingerprint density at radius 1 is 1.31 bits per heavy atom. The number of ether oxygens (including phenoxy) is 1. The SMILES string of the molecule is COC(=O)[C@]12C=CC1C1C(=O)C=CC(=O)C12. The molecule has 0 radical (unpaired) electrons. The molecule has 16 heavy (non-hydrogen) atoms. The van der Waals surface area contributed by atoms with Crippen molar-refractivity contribution >= 4 is 17.5 Å². The van der Waals surface area contributed by atoms with Crippen LogP contribution in [0, 0.1) is 23.2 Å². The second-order valence-electron chi connectivity index (χ2n) is 4.45. The average Bonchev–Trinajstić information content (AvgIpc) is 2.25. The monoisotopic (exact) mass is 218 g/mol. The lowest BCUT2D eigenvalue weighted by Crippen LogP contribution is -2.68. The topological polar surface area (TPSA) is 60.4 Å². The summed E-state index contributed by atoms with van der Waals surface area (Å²) in [5.74, 6) is -1.63. The molecular weight excluding hydrogens is 208 g/mol. The van der Waals surface area contributed by atoms with Crippen molar-refractivity contribution in [3.8, 4) is 0 Å². The third kappa shape index (κ3) is 0.764. The normalized spacial score (nSPS) is 42.9. The molecule has 1 fully saturated rings. The minimum Gasteiger partial charge on any atom is -0.468 e. The third-order valence-electron chi connectivity index (χ3n) is 3.98. The Labute approximate surface area is 92.0 Å². The molecule has 3 unspecified atom stereocenters. The van der Waals surface area contributed by atoms with Gasteiger partial charge in [0, 0.05) is 11.8 Å². The van der Waals surface area contributed by atoms with Gasteiger partial charge in [-0.2, -0.15) is 0 Å². The fraction of sp³-hybridized carbons (Fsp3) is 0.417. The van der Waals surface area contributed by atoms with Crippen molar-refractivity contribution in [3.63, 3.8) is 0 Å². The molecule has 3 aliphatic rings. The quantitative estimate of drug-likeness (QED) is 0.468. The number of fused-ring (bicyclic) bond motifs is 4. The van der Waals surface area contributed by atoms with E-state index in [2.05, 4.69) is 0 Å². The number of hydrogen-bond acceptors (Lipinski definition) is 4. The molecule has 0 saturated heterocycles. The first-order valence-corrected chi connectivity index (χ1v) is 5.16. The summed E-state index contributed by atoms with van der Waals surface area (Å²) in [6.07, 6.45) is 6.12. The highest BCUT2D eigenvalue weighted by atomic mass is 16.5. The van der Waals surface area contributed by atoms with Crippen LogP contribution in [0.25, 0.3) is 0 Å². The van der Waals surface area contributed by atoms with Gasteiger partial charge in [-0.3, -0.25) is 14.4 Å². The van der Waals surface area contributed by atoms with Crippen molar-refractivity contribution in [3.05, 3.63) is 24.3 Å². The van der Waals surface area contributed by atoms with Gasteiger partial charge in [-0.1, -0.05) is 12.2 Å². The summed E-state index contributed by atoms with van der Waals surface area (Å²) in [5, 5.41) is 0. The molecule has 3 rings (SSSR count). The molecule has 0 amide bonds. The molecule has 0 spiro atoms. The number of allylic oxidation sites excluding steroid dienone is 3. The molecule has 3 aliphatic carbocycles. The van der Waals surface area contributed by atoms with Crippen LogP contribution in [0.15, 0.2) is 24.3 Å². The zero-order valence-corrected chi connectivity index (χ0v) is 8.67. The Balaban J connectivity index is 2.05. The molecule has 4 atom stereocenters. The van der Waals surface area contributed by atoms with Crippen molar-refractivity contribution in [1.29, 1.82) is 0 Å². The smallest absolute Gasteiger partial charge is 0.317 e. The van der Waals surface area contributed by atoms with Crippen LogP contribution >= 0.6 is 0 Å². The van der Waals surface area contributed by atoms with Crippen LogP contribution in [-0.2, 0) is 19.1 Å². The maximum absolute atomic E-state index is 11.7. The van der Waals surface area contributed by atoms with Crippen molar-refractivity contribution in [2.24, 2.45) is 23.2 Å². The molecule has 0 aromatic heterocycles. The highest BCUT2D eigenvalue weighted by Gasteiger charge is 2.72. The van der Waals surface area contributed by atoms with E-state index in [0.29, 0.717) is 0 Å². The van der Waals surface area contributed by atoms with Crippen LogP contribution in [0.2, 0.25) is 0 Å². The standard InChI is InChI=1S/C12H10O4/c1-16-11(15)12-5-4-6(12)9-7(13)2-3-8(14)10(9)12/h2-6,9-10H,1H3/t6?,9?,10?,12-/m1/s1. The summed E-state index contributed by atoms with van der Waals surface area (Å²) in [5.41, 5.74) is -0.850. The van der Waals surface area contributed by atoms with Gasteiger partial charge in [0.1, 0.15) is 5.41 Å². The minimum atomic E-state index is -0.850. The zero-order valence-electron chi connectivity index (χ0n) is 8.67. The van der Waals surface area contributed by atoms with Crippen LogP contribution in [-0.4, -0.2) is 24.6 Å². The highest BCUT2D eigenvalue weighted by Crippen LogP contribution is 2.65. The molecule has 4 heteroatoms. The Morgan fingerprint density at radius 2 is 2.00 bits per heavy atom. The maximum atomic E-state index is 11.7. The molecule has 0 heterocycles. The second-order valence-corrected chi connectivity index (χ2v) is 4.45. The van der Waals surface area contributed by atoms with E-state index in [-0.39, 0.29) is 23.4 Å². The van der Waals surface area contributed by atoms with Gasteiger partial charge in [0.25, 0.3) is 0 Å². The minimum absolute atomic E-state index is 0.0570. The molecule has 0 aromatic carbocycles. The first-order valence-electron chi connectivity index (χ1n) is 5.16. The Bertz CT molecular complexity index is 473. The maximum Gasteiger partial charge on any atom is 0.317 e. The molecular formula is C12H10O4. The molecule has 0 bridgehead atoms. The van der Waals surface area contributed by atoms with E-state index >= 15 is 0 Å². The fourth-order valence-electron chi connectivity index (χ4n) is 3.17. The number of carbonyl (C=O) groups is 3. The van der Waals surface area contributed by atoms with E-state index in [0.717, 1.165) is 0 Å². The van der Waals surface area contributed by atoms with Crippen molar-refractivity contribution < 1.29 is 19.1 Å². The van der Waals surface area contributed by atoms with Gasteiger partial charge in [0.15, 0.2) is 11.6 Å². The lowest BCUT2D eigenvalue weighted by atomic mass is 9.39. The number of carbonyl (C=O) groups excluding carboxylic acids is 3. The second kappa shape index (κ2) is 2.70. The summed E-state index contributed by atoms with van der Waals surface area (Å²) in [7, 11) is 1.30. The van der Waals surface area contributed by atoms with Gasteiger partial charge in [0.2, 0.25) is 0 Å². The van der Waals surface area contributed by atoms with E-state index in [1.807, 2.05) is 6.08 Å². The van der Waals surface area contributed by atoms with E-state index < -0.39 is 17.3 Å². The van der Waals surface area contributed by atoms with E-state index in [1.165, 1.54) is 19.3 Å². The number of hydrogen-bond donors (Lipinski definition) is 0. The predicted molar refractivity (Wildman–Crippen MR) is 53.2 cm³/mol. The summed E-state index contributed by atoms with van der Waals surface area (Å²) in [6.45, 7) is 0. The van der Waals surface area contributed by atoms with Gasteiger partial charge in [-0.15, -0.1) is 0 Å². The third-order valence-corrected chi connectivity index (χ3v) is 3.98. The van der Waals surface area contributed by atoms with Crippen LogP contribution in [0.3, 0.4) is 0 Å². The summed E-state index contributed by atoms with van der Waals surface area (Å²) < 4.78 is 4.73. The molecule has 82 valence electrons. The fourth-order valence-corrected chi connectivity index (χ4v) is 3.17. The van der Waals surface area contributed by atoms with Crippen LogP contribution < -0.4 is 0 Å². The molecule has 0 aromatic rings. The number of ketones is 2. The number of esters is 1. The van der Waals surface area contributed by atoms with Crippen LogP contribution in [0.1, 0.15) is 0 Å². The molecule has 4 nitrogen and oxygen atoms in total. The Kier molecular flexibility index (Phi) is 1.60. The van der Waals surface area contributed by atoms with Crippen molar-refractivity contribution in [2.45, 2.75) is 0 Å². The van der Waals surface area contributed by atoms with Crippen molar-refractivity contribution in [1.82, 2.24) is 0 Å². The van der Waals surface area contributed by atoms with Gasteiger partial charge in [0.05, 0.1) is 13.0 Å². The van der Waals surface area contributed by atoms with Crippen molar-refractivity contribution in [2.75, 3.05) is 7.11 Å². The first kappa shape index (κ1) is 9.51. The van der Waals surface area contributed by atoms with E-state index in [1.54, 1.807) is 6.08 Å². The Hall–Kier alpha value is -1.71. The van der Waals surface area contributed by atoms with Gasteiger partial charge >= 0.3 is 5.97 Å². The highest BCUT2D eigenvalue weighted by molar-refractivity contribution is 6.13. The zero-order chi connectivity index (χ0) is 11.5. The number of rotatable bonds is 1. The lowest BCUT2D eigenvalue weighted by Gasteiger charge is -2.60. The molecule has 1 saturated carbocycles. The van der Waals surface area contributed by atoms with Gasteiger partial charge in [-0.25, -0.2) is 0 Å². The lowest BCUT2D eigenvalue weighted by molar-refractivity contribution is -0.183. The molecule has 0 N–H and O–H groups in total. The Morgan fingerprint density at radius 3 is 2.56 bits per heavy atom. The largest absolute Gasteiger partial charge is 0.468 e. The average molecular weight is 218 g/mol. The number of methoxy groups -OCH3 is 1. The first-order chi connectivity index (χ1) is 7.63. The van der Waals surface area contributed by atoms with E-state index in [9.17, 15) is 14.4 Å². The van der Waals surface area contributed by atoms with Gasteiger partial charge in [-0.05, 0) is 12.2 Å².